The van der Waals surface area contributed by atoms with Gasteiger partial charge in [0, 0.05) is 5.69 Å². The fourth-order valence-electron chi connectivity index (χ4n) is 1.20. The number of rotatable bonds is 2. The van der Waals surface area contributed by atoms with Gasteiger partial charge in [-0.25, -0.2) is 4.39 Å². The molecule has 2 nitrogen and oxygen atoms in total. The Morgan fingerprint density at radius 2 is 2.12 bits per heavy atom. The molecule has 1 amide bonds. The first-order valence-electron chi connectivity index (χ1n) is 4.58. The average Bonchev–Trinajstić information content (AvgIpc) is 2.70. The minimum Gasteiger partial charge on any atom is -0.321 e. The number of thiophene rings is 1. The van der Waals surface area contributed by atoms with Crippen LogP contribution in [0.15, 0.2) is 34.1 Å². The third-order valence-electron chi connectivity index (χ3n) is 1.97. The SMILES string of the molecule is O=C(Nc1ccc(Cl)c(F)c1)c1ccc(Br)s1. The normalized spacial score (nSPS) is 10.3. The smallest absolute Gasteiger partial charge is 0.265 e. The van der Waals surface area contributed by atoms with E-state index < -0.39 is 5.82 Å². The third kappa shape index (κ3) is 3.06. The number of amides is 1. The largest absolute Gasteiger partial charge is 0.321 e. The van der Waals surface area contributed by atoms with Crippen LogP contribution >= 0.6 is 38.9 Å². The van der Waals surface area contributed by atoms with Gasteiger partial charge in [0.05, 0.1) is 13.7 Å². The predicted octanol–water partition coefficient (Wildman–Crippen LogP) is 4.56. The molecule has 88 valence electrons. The van der Waals surface area contributed by atoms with Gasteiger partial charge in [0.1, 0.15) is 5.82 Å². The lowest BCUT2D eigenvalue weighted by molar-refractivity contribution is 0.103. The summed E-state index contributed by atoms with van der Waals surface area (Å²) < 4.78 is 14.0. The molecule has 0 unspecified atom stereocenters. The molecular weight excluding hydrogens is 329 g/mol. The number of benzene rings is 1. The lowest BCUT2D eigenvalue weighted by Crippen LogP contribution is -2.10. The second-order valence-corrected chi connectivity index (χ2v) is 6.06. The Bertz CT molecular complexity index is 572. The maximum absolute atomic E-state index is 13.1. The molecule has 0 saturated heterocycles. The number of halogens is 3. The van der Waals surface area contributed by atoms with Crippen molar-refractivity contribution < 1.29 is 9.18 Å². The molecule has 0 fully saturated rings. The number of nitrogens with one attached hydrogen (secondary N) is 1. The molecule has 6 heteroatoms. The molecule has 0 atom stereocenters. The van der Waals surface area contributed by atoms with Gasteiger partial charge in [0.25, 0.3) is 5.91 Å². The van der Waals surface area contributed by atoms with Crippen LogP contribution in [-0.2, 0) is 0 Å². The van der Waals surface area contributed by atoms with Crippen molar-refractivity contribution in [1.29, 1.82) is 0 Å². The first-order chi connectivity index (χ1) is 8.06. The van der Waals surface area contributed by atoms with E-state index in [-0.39, 0.29) is 10.9 Å². The van der Waals surface area contributed by atoms with Crippen LogP contribution in [0.1, 0.15) is 9.67 Å². The van der Waals surface area contributed by atoms with E-state index in [9.17, 15) is 9.18 Å². The molecule has 2 aromatic rings. The summed E-state index contributed by atoms with van der Waals surface area (Å²) in [4.78, 5) is 12.3. The average molecular weight is 335 g/mol. The molecule has 0 spiro atoms. The molecule has 1 aromatic heterocycles. The Morgan fingerprint density at radius 3 is 2.71 bits per heavy atom. The Morgan fingerprint density at radius 1 is 1.35 bits per heavy atom. The third-order valence-corrected chi connectivity index (χ3v) is 3.90. The molecule has 0 aliphatic heterocycles. The van der Waals surface area contributed by atoms with Crippen molar-refractivity contribution in [2.45, 2.75) is 0 Å². The lowest BCUT2D eigenvalue weighted by atomic mass is 10.3. The molecular formula is C11H6BrClFNOS. The molecule has 1 N–H and O–H groups in total. The first kappa shape index (κ1) is 12.5. The fourth-order valence-corrected chi connectivity index (χ4v) is 2.60. The van der Waals surface area contributed by atoms with E-state index in [1.807, 2.05) is 0 Å². The highest BCUT2D eigenvalue weighted by molar-refractivity contribution is 9.11. The summed E-state index contributed by atoms with van der Waals surface area (Å²) in [5.74, 6) is -0.834. The number of carbonyl (C=O) groups excluding carboxylic acids is 1. The van der Waals surface area contributed by atoms with Crippen molar-refractivity contribution in [3.63, 3.8) is 0 Å². The first-order valence-corrected chi connectivity index (χ1v) is 6.57. The van der Waals surface area contributed by atoms with Gasteiger partial charge in [-0.15, -0.1) is 11.3 Å². The summed E-state index contributed by atoms with van der Waals surface area (Å²) in [6.07, 6.45) is 0. The predicted molar refractivity (Wildman–Crippen MR) is 71.4 cm³/mol. The van der Waals surface area contributed by atoms with Crippen LogP contribution in [0.4, 0.5) is 10.1 Å². The fraction of sp³-hybridized carbons (Fsp3) is 0. The zero-order valence-electron chi connectivity index (χ0n) is 8.34. The maximum Gasteiger partial charge on any atom is 0.265 e. The van der Waals surface area contributed by atoms with E-state index in [0.29, 0.717) is 10.6 Å². The van der Waals surface area contributed by atoms with Crippen molar-refractivity contribution in [1.82, 2.24) is 0 Å². The van der Waals surface area contributed by atoms with Gasteiger partial charge in [0.2, 0.25) is 0 Å². The van der Waals surface area contributed by atoms with Crippen LogP contribution in [0.25, 0.3) is 0 Å². The number of hydrogen-bond acceptors (Lipinski definition) is 2. The van der Waals surface area contributed by atoms with Gasteiger partial charge in [-0.2, -0.15) is 0 Å². The Kier molecular flexibility index (Phi) is 3.81. The van der Waals surface area contributed by atoms with Gasteiger partial charge >= 0.3 is 0 Å². The zero-order valence-corrected chi connectivity index (χ0v) is 11.5. The molecule has 0 bridgehead atoms. The Labute approximate surface area is 115 Å². The summed E-state index contributed by atoms with van der Waals surface area (Å²) in [5.41, 5.74) is 0.376. The summed E-state index contributed by atoms with van der Waals surface area (Å²) in [6, 6.07) is 7.60. The second kappa shape index (κ2) is 5.16. The quantitative estimate of drug-likeness (QED) is 0.857. The van der Waals surface area contributed by atoms with E-state index in [4.69, 9.17) is 11.6 Å². The molecule has 1 aromatic carbocycles. The minimum absolute atomic E-state index is 0.0295. The van der Waals surface area contributed by atoms with Crippen LogP contribution in [0, 0.1) is 5.82 Å². The standard InChI is InChI=1S/C11H6BrClFNOS/c12-10-4-3-9(17-10)11(16)15-6-1-2-7(13)8(14)5-6/h1-5H,(H,15,16). The van der Waals surface area contributed by atoms with Crippen LogP contribution < -0.4 is 5.32 Å². The Balaban J connectivity index is 2.15. The topological polar surface area (TPSA) is 29.1 Å². The van der Waals surface area contributed by atoms with E-state index >= 15 is 0 Å². The highest BCUT2D eigenvalue weighted by atomic mass is 79.9. The Hall–Kier alpha value is -0.910. The van der Waals surface area contributed by atoms with Crippen molar-refractivity contribution in [2.75, 3.05) is 5.32 Å². The molecule has 2 rings (SSSR count). The molecule has 1 heterocycles. The van der Waals surface area contributed by atoms with Crippen LogP contribution in [0.2, 0.25) is 5.02 Å². The maximum atomic E-state index is 13.1. The van der Waals surface area contributed by atoms with E-state index in [1.165, 1.54) is 23.5 Å². The monoisotopic (exact) mass is 333 g/mol. The minimum atomic E-state index is -0.558. The van der Waals surface area contributed by atoms with Gasteiger partial charge in [0.15, 0.2) is 0 Å². The van der Waals surface area contributed by atoms with Gasteiger partial charge in [-0.05, 0) is 46.3 Å². The van der Waals surface area contributed by atoms with E-state index in [0.717, 1.165) is 3.79 Å². The lowest BCUT2D eigenvalue weighted by Gasteiger charge is -2.04. The van der Waals surface area contributed by atoms with Crippen LogP contribution in [0.3, 0.4) is 0 Å². The molecule has 17 heavy (non-hydrogen) atoms. The van der Waals surface area contributed by atoms with Gasteiger partial charge in [-0.1, -0.05) is 11.6 Å². The zero-order chi connectivity index (χ0) is 12.4. The highest BCUT2D eigenvalue weighted by Gasteiger charge is 2.09. The molecule has 0 radical (unpaired) electrons. The molecule has 0 saturated carbocycles. The molecule has 0 aliphatic rings. The van der Waals surface area contributed by atoms with Crippen LogP contribution in [-0.4, -0.2) is 5.91 Å². The summed E-state index contributed by atoms with van der Waals surface area (Å²) in [7, 11) is 0. The number of hydrogen-bond donors (Lipinski definition) is 1. The summed E-state index contributed by atoms with van der Waals surface area (Å²) in [6.45, 7) is 0. The second-order valence-electron chi connectivity index (χ2n) is 3.19. The van der Waals surface area contributed by atoms with Crippen molar-refractivity contribution >= 4 is 50.5 Å². The van der Waals surface area contributed by atoms with E-state index in [2.05, 4.69) is 21.2 Å². The molecule has 0 aliphatic carbocycles. The highest BCUT2D eigenvalue weighted by Crippen LogP contribution is 2.24. The number of anilines is 1. The van der Waals surface area contributed by atoms with Gasteiger partial charge in [-0.3, -0.25) is 4.79 Å². The number of carbonyl (C=O) groups is 1. The van der Waals surface area contributed by atoms with Crippen LogP contribution in [0.5, 0.6) is 0 Å². The van der Waals surface area contributed by atoms with Gasteiger partial charge < -0.3 is 5.32 Å². The van der Waals surface area contributed by atoms with Crippen molar-refractivity contribution in [2.24, 2.45) is 0 Å². The summed E-state index contributed by atoms with van der Waals surface area (Å²) in [5, 5.41) is 2.62. The summed E-state index contributed by atoms with van der Waals surface area (Å²) >= 11 is 10.1. The van der Waals surface area contributed by atoms with Crippen molar-refractivity contribution in [3.8, 4) is 0 Å². The van der Waals surface area contributed by atoms with E-state index in [1.54, 1.807) is 18.2 Å². The van der Waals surface area contributed by atoms with Crippen molar-refractivity contribution in [3.05, 3.63) is 49.8 Å².